The Morgan fingerprint density at radius 2 is 1.55 bits per heavy atom. The molecule has 0 saturated heterocycles. The molecule has 0 bridgehead atoms. The Hall–Kier alpha value is -2.35. The van der Waals surface area contributed by atoms with E-state index in [1.165, 1.54) is 35.1 Å². The smallest absolute Gasteiger partial charge is 0.336 e. The highest BCUT2D eigenvalue weighted by atomic mass is 16.4. The number of benzene rings is 2. The second-order valence-corrected chi connectivity index (χ2v) is 9.69. The van der Waals surface area contributed by atoms with Crippen molar-refractivity contribution >= 4 is 18.1 Å². The number of carbonyl (C=O) groups is 1. The lowest BCUT2D eigenvalue weighted by atomic mass is 9.62. The highest BCUT2D eigenvalue weighted by molar-refractivity contribution is 5.93. The van der Waals surface area contributed by atoms with Crippen LogP contribution in [0.2, 0.25) is 0 Å². The molecule has 2 aromatic carbocycles. The lowest BCUT2D eigenvalue weighted by molar-refractivity contribution is 0.0696. The van der Waals surface area contributed by atoms with Gasteiger partial charge in [-0.2, -0.15) is 0 Å². The zero-order valence-corrected chi connectivity index (χ0v) is 18.5. The minimum Gasteiger partial charge on any atom is -0.478 e. The van der Waals surface area contributed by atoms with Crippen molar-refractivity contribution in [3.8, 4) is 0 Å². The Morgan fingerprint density at radius 3 is 2.17 bits per heavy atom. The fourth-order valence-electron chi connectivity index (χ4n) is 4.43. The highest BCUT2D eigenvalue weighted by Gasteiger charge is 2.37. The first kappa shape index (κ1) is 21.4. The molecule has 1 N–H and O–H groups in total. The number of unbranched alkanes of at least 4 members (excludes halogenated alkanes) is 1. The molecule has 0 spiro atoms. The van der Waals surface area contributed by atoms with E-state index in [-0.39, 0.29) is 10.8 Å². The third-order valence-corrected chi connectivity index (χ3v) is 6.55. The van der Waals surface area contributed by atoms with E-state index in [0.717, 1.165) is 24.8 Å². The zero-order valence-electron chi connectivity index (χ0n) is 18.5. The van der Waals surface area contributed by atoms with E-state index < -0.39 is 5.97 Å². The van der Waals surface area contributed by atoms with E-state index >= 15 is 0 Å². The second-order valence-electron chi connectivity index (χ2n) is 9.69. The Kier molecular flexibility index (Phi) is 6.03. The zero-order chi connectivity index (χ0) is 21.2. The van der Waals surface area contributed by atoms with Crippen molar-refractivity contribution in [2.24, 2.45) is 0 Å². The summed E-state index contributed by atoms with van der Waals surface area (Å²) in [5.74, 6) is -0.884. The second kappa shape index (κ2) is 8.18. The molecule has 0 aliphatic heterocycles. The van der Waals surface area contributed by atoms with Gasteiger partial charge in [0.2, 0.25) is 0 Å². The van der Waals surface area contributed by atoms with Crippen molar-refractivity contribution in [1.82, 2.24) is 0 Å². The number of rotatable bonds is 6. The summed E-state index contributed by atoms with van der Waals surface area (Å²) >= 11 is 0. The van der Waals surface area contributed by atoms with Gasteiger partial charge in [-0.25, -0.2) is 4.79 Å². The molecule has 2 nitrogen and oxygen atoms in total. The molecule has 1 aliphatic carbocycles. The molecule has 154 valence electrons. The van der Waals surface area contributed by atoms with Crippen LogP contribution in [-0.4, -0.2) is 11.1 Å². The van der Waals surface area contributed by atoms with E-state index in [1.807, 2.05) is 18.2 Å². The Balaban J connectivity index is 2.12. The van der Waals surface area contributed by atoms with E-state index in [4.69, 9.17) is 0 Å². The number of hydrogen-bond donors (Lipinski definition) is 1. The van der Waals surface area contributed by atoms with Gasteiger partial charge in [-0.3, -0.25) is 0 Å². The summed E-state index contributed by atoms with van der Waals surface area (Å²) < 4.78 is 0. The number of aromatic carboxylic acids is 1. The molecule has 0 atom stereocenters. The van der Waals surface area contributed by atoms with E-state index in [2.05, 4.69) is 52.8 Å². The average Bonchev–Trinajstić information content (AvgIpc) is 2.68. The number of aryl methyl sites for hydroxylation is 1. The van der Waals surface area contributed by atoms with Crippen LogP contribution in [0.25, 0.3) is 12.2 Å². The standard InChI is InChI=1S/C27H34O2/c1-6-7-10-20-17-23-24(27(4,5)16-15-26(23,2)3)18-21(20)14-13-19-11-8-9-12-22(19)25(28)29/h8-9,11-14,17-18H,6-7,10,15-16H2,1-5H3,(H,28,29)/b14-13+. The van der Waals surface area contributed by atoms with Gasteiger partial charge >= 0.3 is 5.97 Å². The third-order valence-electron chi connectivity index (χ3n) is 6.55. The highest BCUT2D eigenvalue weighted by Crippen LogP contribution is 2.46. The van der Waals surface area contributed by atoms with Crippen LogP contribution >= 0.6 is 0 Å². The molecule has 0 fully saturated rings. The topological polar surface area (TPSA) is 37.3 Å². The van der Waals surface area contributed by atoms with Crippen molar-refractivity contribution < 1.29 is 9.90 Å². The van der Waals surface area contributed by atoms with Gasteiger partial charge in [-0.05, 0) is 70.4 Å². The molecule has 0 aromatic heterocycles. The normalized spacial score (nSPS) is 17.3. The maximum atomic E-state index is 11.6. The van der Waals surface area contributed by atoms with Crippen LogP contribution in [0.1, 0.15) is 98.5 Å². The van der Waals surface area contributed by atoms with Gasteiger partial charge in [0.25, 0.3) is 0 Å². The van der Waals surface area contributed by atoms with Crippen LogP contribution in [0.5, 0.6) is 0 Å². The average molecular weight is 391 g/mol. The third kappa shape index (κ3) is 4.47. The van der Waals surface area contributed by atoms with E-state index in [1.54, 1.807) is 12.1 Å². The first-order chi connectivity index (χ1) is 13.7. The summed E-state index contributed by atoms with van der Waals surface area (Å²) in [5.41, 5.74) is 6.99. The molecule has 0 unspecified atom stereocenters. The minimum atomic E-state index is -0.884. The van der Waals surface area contributed by atoms with Gasteiger partial charge in [0.15, 0.2) is 0 Å². The molecular weight excluding hydrogens is 356 g/mol. The van der Waals surface area contributed by atoms with Gasteiger partial charge < -0.3 is 5.11 Å². The predicted molar refractivity (Wildman–Crippen MR) is 123 cm³/mol. The molecular formula is C27H34O2. The van der Waals surface area contributed by atoms with Gasteiger partial charge in [0.1, 0.15) is 0 Å². The first-order valence-corrected chi connectivity index (χ1v) is 10.8. The van der Waals surface area contributed by atoms with Crippen molar-refractivity contribution in [3.05, 3.63) is 69.8 Å². The van der Waals surface area contributed by atoms with E-state index in [0.29, 0.717) is 5.56 Å². The quantitative estimate of drug-likeness (QED) is 0.528. The Labute approximate surface area is 175 Å². The first-order valence-electron chi connectivity index (χ1n) is 10.8. The fraction of sp³-hybridized carbons (Fsp3) is 0.444. The SMILES string of the molecule is CCCCc1cc2c(cc1/C=C/c1ccccc1C(=O)O)C(C)(C)CCC2(C)C. The van der Waals surface area contributed by atoms with E-state index in [9.17, 15) is 9.90 Å². The maximum absolute atomic E-state index is 11.6. The van der Waals surface area contributed by atoms with Crippen LogP contribution in [0.15, 0.2) is 36.4 Å². The summed E-state index contributed by atoms with van der Waals surface area (Å²) in [6.07, 6.45) is 9.85. The molecule has 2 aromatic rings. The summed E-state index contributed by atoms with van der Waals surface area (Å²) in [6, 6.07) is 12.0. The number of fused-ring (bicyclic) bond motifs is 1. The molecule has 0 radical (unpaired) electrons. The van der Waals surface area contributed by atoms with Crippen LogP contribution in [-0.2, 0) is 17.3 Å². The van der Waals surface area contributed by atoms with Crippen LogP contribution in [0.4, 0.5) is 0 Å². The Morgan fingerprint density at radius 1 is 0.966 bits per heavy atom. The lowest BCUT2D eigenvalue weighted by Crippen LogP contribution is -2.34. The molecule has 1 aliphatic rings. The monoisotopic (exact) mass is 390 g/mol. The fourth-order valence-corrected chi connectivity index (χ4v) is 4.43. The largest absolute Gasteiger partial charge is 0.478 e. The number of carboxylic acids is 1. The lowest BCUT2D eigenvalue weighted by Gasteiger charge is -2.42. The number of hydrogen-bond acceptors (Lipinski definition) is 1. The summed E-state index contributed by atoms with van der Waals surface area (Å²) in [4.78, 5) is 11.6. The molecule has 0 amide bonds. The van der Waals surface area contributed by atoms with Crippen molar-refractivity contribution in [2.75, 3.05) is 0 Å². The molecule has 0 saturated carbocycles. The van der Waals surface area contributed by atoms with Gasteiger partial charge in [-0.1, -0.05) is 83.5 Å². The van der Waals surface area contributed by atoms with Crippen LogP contribution in [0, 0.1) is 0 Å². The number of carboxylic acid groups (broad SMARTS) is 1. The van der Waals surface area contributed by atoms with Crippen LogP contribution in [0.3, 0.4) is 0 Å². The maximum Gasteiger partial charge on any atom is 0.336 e. The molecule has 3 rings (SSSR count). The van der Waals surface area contributed by atoms with Gasteiger partial charge in [0, 0.05) is 0 Å². The summed E-state index contributed by atoms with van der Waals surface area (Å²) in [6.45, 7) is 11.6. The van der Waals surface area contributed by atoms with Crippen molar-refractivity contribution in [1.29, 1.82) is 0 Å². The molecule has 0 heterocycles. The van der Waals surface area contributed by atoms with Gasteiger partial charge in [0.05, 0.1) is 5.56 Å². The Bertz CT molecular complexity index is 932. The van der Waals surface area contributed by atoms with Gasteiger partial charge in [-0.15, -0.1) is 0 Å². The minimum absolute atomic E-state index is 0.162. The summed E-state index contributed by atoms with van der Waals surface area (Å²) in [5, 5.41) is 9.48. The van der Waals surface area contributed by atoms with Crippen molar-refractivity contribution in [3.63, 3.8) is 0 Å². The molecule has 2 heteroatoms. The van der Waals surface area contributed by atoms with Crippen molar-refractivity contribution in [2.45, 2.75) is 77.6 Å². The van der Waals surface area contributed by atoms with Crippen LogP contribution < -0.4 is 0 Å². The summed E-state index contributed by atoms with van der Waals surface area (Å²) in [7, 11) is 0. The predicted octanol–water partition coefficient (Wildman–Crippen LogP) is 7.25. The molecule has 29 heavy (non-hydrogen) atoms.